The van der Waals surface area contributed by atoms with Gasteiger partial charge in [-0.1, -0.05) is 117 Å². The Morgan fingerprint density at radius 1 is 0.409 bits per heavy atom. The van der Waals surface area contributed by atoms with Crippen molar-refractivity contribution in [2.24, 2.45) is 0 Å². The molecule has 0 rings (SSSR count). The standard InChI is InChI=1S/C36H74N4O2.2BrH/c1-7-9-11-13-21-25-29-37-35(41)33-39(3,4)31-27-23-19-17-15-16-18-20-24-28-32-40(5,6)34-36(42)38-30-26-22-14-12-10-8-2;;/h7-34H2,1-6H3;2*1H. The normalized spacial score (nSPS) is 11.5. The molecule has 0 fully saturated rings. The average molecular weight is 757 g/mol. The summed E-state index contributed by atoms with van der Waals surface area (Å²) in [6.45, 7) is 9.52. The summed E-state index contributed by atoms with van der Waals surface area (Å²) >= 11 is 0. The Morgan fingerprint density at radius 2 is 0.659 bits per heavy atom. The number of rotatable bonds is 31. The number of likely N-dealkylation sites (N-methyl/N-ethyl adjacent to an activating group) is 2. The van der Waals surface area contributed by atoms with Crippen LogP contribution in [0.4, 0.5) is 0 Å². The minimum Gasteiger partial charge on any atom is -1.00 e. The van der Waals surface area contributed by atoms with Crippen LogP contribution >= 0.6 is 0 Å². The molecule has 0 aromatic carbocycles. The van der Waals surface area contributed by atoms with Crippen LogP contribution in [0.15, 0.2) is 0 Å². The van der Waals surface area contributed by atoms with Crippen molar-refractivity contribution in [3.8, 4) is 0 Å². The van der Waals surface area contributed by atoms with Crippen LogP contribution in [0.3, 0.4) is 0 Å². The van der Waals surface area contributed by atoms with Gasteiger partial charge in [-0.2, -0.15) is 0 Å². The summed E-state index contributed by atoms with van der Waals surface area (Å²) in [6.07, 6.45) is 28.2. The van der Waals surface area contributed by atoms with E-state index in [1.807, 2.05) is 0 Å². The fourth-order valence-electron chi connectivity index (χ4n) is 5.81. The van der Waals surface area contributed by atoms with Gasteiger partial charge in [0, 0.05) is 13.1 Å². The average Bonchev–Trinajstić information content (AvgIpc) is 2.92. The van der Waals surface area contributed by atoms with Gasteiger partial charge in [-0.25, -0.2) is 0 Å². The van der Waals surface area contributed by atoms with E-state index in [0.717, 1.165) is 48.0 Å². The molecule has 0 unspecified atom stereocenters. The molecule has 0 saturated carbocycles. The van der Waals surface area contributed by atoms with Gasteiger partial charge in [-0.3, -0.25) is 9.59 Å². The molecule has 8 heteroatoms. The quantitative estimate of drug-likeness (QED) is 0.0842. The van der Waals surface area contributed by atoms with Crippen LogP contribution in [-0.4, -0.2) is 88.2 Å². The molecular weight excluding hydrogens is 680 g/mol. The minimum atomic E-state index is 0. The zero-order valence-electron chi connectivity index (χ0n) is 30.3. The van der Waals surface area contributed by atoms with Gasteiger partial charge in [0.1, 0.15) is 0 Å². The van der Waals surface area contributed by atoms with Gasteiger partial charge in [0.25, 0.3) is 11.8 Å². The van der Waals surface area contributed by atoms with E-state index in [9.17, 15) is 9.59 Å². The highest BCUT2D eigenvalue weighted by atomic mass is 79.9. The van der Waals surface area contributed by atoms with Crippen molar-refractivity contribution in [3.05, 3.63) is 0 Å². The van der Waals surface area contributed by atoms with E-state index < -0.39 is 0 Å². The van der Waals surface area contributed by atoms with Crippen LogP contribution in [0.5, 0.6) is 0 Å². The van der Waals surface area contributed by atoms with Crippen molar-refractivity contribution in [2.45, 2.75) is 155 Å². The molecule has 44 heavy (non-hydrogen) atoms. The first-order valence-electron chi connectivity index (χ1n) is 18.3. The second-order valence-electron chi connectivity index (χ2n) is 14.4. The van der Waals surface area contributed by atoms with Crippen molar-refractivity contribution in [3.63, 3.8) is 0 Å². The summed E-state index contributed by atoms with van der Waals surface area (Å²) in [6, 6.07) is 0. The van der Waals surface area contributed by atoms with Crippen molar-refractivity contribution < 1.29 is 52.5 Å². The molecule has 0 aliphatic carbocycles. The molecule has 0 heterocycles. The molecule has 0 saturated heterocycles. The minimum absolute atomic E-state index is 0. The van der Waals surface area contributed by atoms with Crippen LogP contribution in [-0.2, 0) is 9.59 Å². The fourth-order valence-corrected chi connectivity index (χ4v) is 5.81. The second kappa shape index (κ2) is 32.7. The monoisotopic (exact) mass is 754 g/mol. The molecule has 0 atom stereocenters. The highest BCUT2D eigenvalue weighted by molar-refractivity contribution is 5.77. The van der Waals surface area contributed by atoms with Crippen LogP contribution in [0.1, 0.15) is 155 Å². The summed E-state index contributed by atoms with van der Waals surface area (Å²) in [4.78, 5) is 24.6. The Kier molecular flexibility index (Phi) is 35.9. The second-order valence-corrected chi connectivity index (χ2v) is 14.4. The van der Waals surface area contributed by atoms with Gasteiger partial charge in [0.2, 0.25) is 0 Å². The lowest BCUT2D eigenvalue weighted by molar-refractivity contribution is -0.882. The fraction of sp³-hybridized carbons (Fsp3) is 0.944. The van der Waals surface area contributed by atoms with E-state index in [1.54, 1.807) is 0 Å². The molecular formula is C36H76Br2N4O2. The zero-order valence-corrected chi connectivity index (χ0v) is 33.4. The largest absolute Gasteiger partial charge is 1.00 e. The van der Waals surface area contributed by atoms with Crippen molar-refractivity contribution >= 4 is 11.8 Å². The number of amides is 2. The van der Waals surface area contributed by atoms with E-state index in [-0.39, 0.29) is 45.8 Å². The smallest absolute Gasteiger partial charge is 0.275 e. The highest BCUT2D eigenvalue weighted by Gasteiger charge is 2.20. The number of hydrogen-bond donors (Lipinski definition) is 2. The van der Waals surface area contributed by atoms with Crippen LogP contribution < -0.4 is 44.6 Å². The first kappa shape index (κ1) is 48.2. The number of carbonyl (C=O) groups is 2. The number of nitrogens with zero attached hydrogens (tertiary/aromatic N) is 2. The molecule has 0 bridgehead atoms. The van der Waals surface area contributed by atoms with E-state index in [2.05, 4.69) is 52.7 Å². The summed E-state index contributed by atoms with van der Waals surface area (Å²) in [5, 5.41) is 6.26. The van der Waals surface area contributed by atoms with Gasteiger partial charge in [0.15, 0.2) is 13.1 Å². The summed E-state index contributed by atoms with van der Waals surface area (Å²) in [5.41, 5.74) is 0. The predicted molar refractivity (Wildman–Crippen MR) is 183 cm³/mol. The van der Waals surface area contributed by atoms with E-state index in [1.165, 1.54) is 128 Å². The van der Waals surface area contributed by atoms with E-state index in [4.69, 9.17) is 0 Å². The highest BCUT2D eigenvalue weighted by Crippen LogP contribution is 2.13. The lowest BCUT2D eigenvalue weighted by Gasteiger charge is -2.29. The maximum atomic E-state index is 12.3. The molecule has 0 aliphatic heterocycles. The molecule has 2 N–H and O–H groups in total. The number of carbonyl (C=O) groups excluding carboxylic acids is 2. The maximum absolute atomic E-state index is 12.3. The first-order valence-corrected chi connectivity index (χ1v) is 18.3. The maximum Gasteiger partial charge on any atom is 0.275 e. The van der Waals surface area contributed by atoms with Gasteiger partial charge in [0.05, 0.1) is 41.3 Å². The number of quaternary nitrogens is 2. The van der Waals surface area contributed by atoms with Crippen molar-refractivity contribution in [2.75, 3.05) is 67.5 Å². The molecule has 0 radical (unpaired) electrons. The Labute approximate surface area is 296 Å². The van der Waals surface area contributed by atoms with Gasteiger partial charge >= 0.3 is 0 Å². The molecule has 266 valence electrons. The number of halogens is 2. The van der Waals surface area contributed by atoms with Crippen LogP contribution in [0, 0.1) is 0 Å². The lowest BCUT2D eigenvalue weighted by atomic mass is 10.1. The summed E-state index contributed by atoms with van der Waals surface area (Å²) in [5.74, 6) is 0.417. The Hall–Kier alpha value is -0.180. The predicted octanol–water partition coefficient (Wildman–Crippen LogP) is 2.00. The molecule has 0 spiro atoms. The van der Waals surface area contributed by atoms with E-state index >= 15 is 0 Å². The summed E-state index contributed by atoms with van der Waals surface area (Å²) < 4.78 is 1.59. The topological polar surface area (TPSA) is 58.2 Å². The SMILES string of the molecule is CCCCCCCCNC(=O)C[N+](C)(C)CCCCCCCCCCCC[N+](C)(C)CC(=O)NCCCCCCCC.[Br-].[Br-]. The van der Waals surface area contributed by atoms with E-state index in [0.29, 0.717) is 13.1 Å². The zero-order chi connectivity index (χ0) is 31.4. The molecule has 0 aromatic rings. The van der Waals surface area contributed by atoms with Gasteiger partial charge < -0.3 is 53.6 Å². The van der Waals surface area contributed by atoms with Crippen molar-refractivity contribution in [1.82, 2.24) is 10.6 Å². The number of unbranched alkanes of at least 4 members (excludes halogenated alkanes) is 19. The van der Waals surface area contributed by atoms with Crippen molar-refractivity contribution in [1.29, 1.82) is 0 Å². The Balaban J connectivity index is -0.00000840. The van der Waals surface area contributed by atoms with Crippen LogP contribution in [0.25, 0.3) is 0 Å². The molecule has 2 amide bonds. The number of hydrogen-bond acceptors (Lipinski definition) is 2. The molecule has 0 aromatic heterocycles. The lowest BCUT2D eigenvalue weighted by Crippen LogP contribution is -3.00. The van der Waals surface area contributed by atoms with Crippen LogP contribution in [0.2, 0.25) is 0 Å². The van der Waals surface area contributed by atoms with Gasteiger partial charge in [-0.15, -0.1) is 0 Å². The third-order valence-corrected chi connectivity index (χ3v) is 8.63. The third-order valence-electron chi connectivity index (χ3n) is 8.63. The number of nitrogens with one attached hydrogen (secondary N) is 2. The molecule has 0 aliphatic rings. The van der Waals surface area contributed by atoms with Gasteiger partial charge in [-0.05, 0) is 38.5 Å². The Bertz CT molecular complexity index is 594. The third kappa shape index (κ3) is 34.7. The molecule has 6 nitrogen and oxygen atoms in total. The summed E-state index contributed by atoms with van der Waals surface area (Å²) in [7, 11) is 8.76. The first-order chi connectivity index (χ1) is 20.1. The Morgan fingerprint density at radius 3 is 0.955 bits per heavy atom.